The molecule has 0 aliphatic carbocycles. The van der Waals surface area contributed by atoms with E-state index < -0.39 is 0 Å². The molecule has 1 aliphatic rings. The van der Waals surface area contributed by atoms with Gasteiger partial charge in [-0.05, 0) is 29.8 Å². The number of rotatable bonds is 5. The first-order valence-electron chi connectivity index (χ1n) is 11.8. The fraction of sp³-hybridized carbons (Fsp3) is 0.296. The molecule has 0 atom stereocenters. The lowest BCUT2D eigenvalue weighted by Crippen LogP contribution is -2.38. The highest BCUT2D eigenvalue weighted by Crippen LogP contribution is 2.36. The average molecular weight is 476 g/mol. The number of fused-ring (bicyclic) bond motifs is 2. The maximum absolute atomic E-state index is 12.5. The Labute approximate surface area is 206 Å². The molecule has 0 radical (unpaired) electrons. The van der Waals surface area contributed by atoms with Crippen LogP contribution in [0.25, 0.3) is 11.0 Å². The summed E-state index contributed by atoms with van der Waals surface area (Å²) < 4.78 is 12.9. The molecule has 0 unspecified atom stereocenters. The Morgan fingerprint density at radius 3 is 2.49 bits per heavy atom. The van der Waals surface area contributed by atoms with Crippen LogP contribution in [-0.2, 0) is 18.4 Å². The third kappa shape index (κ3) is 5.71. The first kappa shape index (κ1) is 25.6. The van der Waals surface area contributed by atoms with E-state index in [1.807, 2.05) is 87.8 Å². The zero-order valence-corrected chi connectivity index (χ0v) is 21.2. The molecule has 0 spiro atoms. The number of anilines is 3. The van der Waals surface area contributed by atoms with E-state index in [0.29, 0.717) is 18.1 Å². The number of aryl methyl sites for hydroxylation is 1. The smallest absolute Gasteiger partial charge is 0.265 e. The van der Waals surface area contributed by atoms with Crippen LogP contribution in [0.15, 0.2) is 61.1 Å². The minimum Gasteiger partial charge on any atom is -0.497 e. The Hall–Kier alpha value is -4.07. The molecule has 4 aromatic rings. The van der Waals surface area contributed by atoms with Gasteiger partial charge in [0, 0.05) is 24.9 Å². The second kappa shape index (κ2) is 11.9. The van der Waals surface area contributed by atoms with E-state index >= 15 is 0 Å². The molecule has 0 saturated carbocycles. The van der Waals surface area contributed by atoms with E-state index in [0.717, 1.165) is 33.7 Å². The molecule has 0 fully saturated rings. The Kier molecular flexibility index (Phi) is 8.67. The third-order valence-electron chi connectivity index (χ3n) is 5.29. The maximum Gasteiger partial charge on any atom is 0.265 e. The minimum absolute atomic E-state index is 0.00579. The van der Waals surface area contributed by atoms with Crippen molar-refractivity contribution in [1.82, 2.24) is 14.5 Å². The van der Waals surface area contributed by atoms with Crippen LogP contribution in [0, 0.1) is 0 Å². The van der Waals surface area contributed by atoms with Gasteiger partial charge < -0.3 is 24.3 Å². The molecule has 1 aliphatic heterocycles. The number of aromatic nitrogens is 3. The highest BCUT2D eigenvalue weighted by Gasteiger charge is 2.26. The van der Waals surface area contributed by atoms with E-state index in [1.165, 1.54) is 0 Å². The number of amides is 1. The van der Waals surface area contributed by atoms with Crippen LogP contribution in [0.3, 0.4) is 0 Å². The monoisotopic (exact) mass is 475 g/mol. The largest absolute Gasteiger partial charge is 0.497 e. The van der Waals surface area contributed by atoms with Gasteiger partial charge in [0.2, 0.25) is 0 Å². The number of hydrogen-bond acceptors (Lipinski definition) is 6. The van der Waals surface area contributed by atoms with Gasteiger partial charge in [-0.15, -0.1) is 0 Å². The topological polar surface area (TPSA) is 81.5 Å². The zero-order valence-electron chi connectivity index (χ0n) is 21.2. The standard InChI is InChI=1S/C23H21N5O3.2C2H6/c1-27-14-25-18-11-24-22(10-20(18)27)26-16-5-8-19-21(9-16)31-13-23(29)28(19)12-15-3-6-17(30-2)7-4-15;2*1-2/h3-11,14H,12-13H2,1-2H3,(H,24,26);2*1-2H3. The number of carbonyl (C=O) groups is 1. The van der Waals surface area contributed by atoms with Gasteiger partial charge in [0.05, 0.1) is 37.4 Å². The predicted molar refractivity (Wildman–Crippen MR) is 141 cm³/mol. The highest BCUT2D eigenvalue weighted by molar-refractivity contribution is 5.98. The van der Waals surface area contributed by atoms with Crippen molar-refractivity contribution in [3.05, 3.63) is 66.6 Å². The second-order valence-corrected chi connectivity index (χ2v) is 7.34. The van der Waals surface area contributed by atoms with Crippen molar-refractivity contribution >= 4 is 34.1 Å². The van der Waals surface area contributed by atoms with Gasteiger partial charge in [0.1, 0.15) is 22.8 Å². The molecule has 0 saturated heterocycles. The number of methoxy groups -OCH3 is 1. The average Bonchev–Trinajstić information content (AvgIpc) is 3.28. The number of nitrogens with one attached hydrogen (secondary N) is 1. The van der Waals surface area contributed by atoms with Crippen molar-refractivity contribution in [2.75, 3.05) is 23.9 Å². The molecule has 3 heterocycles. The lowest BCUT2D eigenvalue weighted by Gasteiger charge is -2.30. The molecule has 1 amide bonds. The SMILES string of the molecule is CC.CC.COc1ccc(CN2C(=O)COc3cc(Nc4cc5c(cn4)ncn5C)ccc32)cc1. The summed E-state index contributed by atoms with van der Waals surface area (Å²) in [6.45, 7) is 8.47. The van der Waals surface area contributed by atoms with Crippen LogP contribution in [-0.4, -0.2) is 34.2 Å². The first-order valence-corrected chi connectivity index (χ1v) is 11.8. The molecule has 35 heavy (non-hydrogen) atoms. The van der Waals surface area contributed by atoms with Crippen LogP contribution in [0.5, 0.6) is 11.5 Å². The van der Waals surface area contributed by atoms with Crippen molar-refractivity contribution in [2.45, 2.75) is 34.2 Å². The summed E-state index contributed by atoms with van der Waals surface area (Å²) in [6.07, 6.45) is 3.50. The van der Waals surface area contributed by atoms with E-state index in [1.54, 1.807) is 24.5 Å². The first-order chi connectivity index (χ1) is 17.1. The molecule has 2 aromatic heterocycles. The number of imidazole rings is 1. The summed E-state index contributed by atoms with van der Waals surface area (Å²) in [5, 5.41) is 3.30. The zero-order chi connectivity index (χ0) is 25.4. The molecule has 184 valence electrons. The van der Waals surface area contributed by atoms with Gasteiger partial charge in [-0.1, -0.05) is 39.8 Å². The molecule has 0 bridgehead atoms. The molecule has 2 aromatic carbocycles. The third-order valence-corrected chi connectivity index (χ3v) is 5.29. The van der Waals surface area contributed by atoms with E-state index in [-0.39, 0.29) is 12.5 Å². The van der Waals surface area contributed by atoms with E-state index in [2.05, 4.69) is 15.3 Å². The molecule has 1 N–H and O–H groups in total. The van der Waals surface area contributed by atoms with Crippen molar-refractivity contribution in [3.63, 3.8) is 0 Å². The molecule has 8 heteroatoms. The number of ether oxygens (including phenoxy) is 2. The molecular weight excluding hydrogens is 442 g/mol. The van der Waals surface area contributed by atoms with Gasteiger partial charge in [-0.2, -0.15) is 0 Å². The normalized spacial score (nSPS) is 11.9. The predicted octanol–water partition coefficient (Wildman–Crippen LogP) is 5.70. The van der Waals surface area contributed by atoms with Crippen LogP contribution in [0.1, 0.15) is 33.3 Å². The Morgan fingerprint density at radius 2 is 1.77 bits per heavy atom. The van der Waals surface area contributed by atoms with E-state index in [9.17, 15) is 4.79 Å². The number of pyridine rings is 1. The fourth-order valence-corrected chi connectivity index (χ4v) is 3.62. The van der Waals surface area contributed by atoms with Gasteiger partial charge in [0.25, 0.3) is 5.91 Å². The van der Waals surface area contributed by atoms with Gasteiger partial charge >= 0.3 is 0 Å². The number of carbonyl (C=O) groups excluding carboxylic acids is 1. The Morgan fingerprint density at radius 1 is 1.03 bits per heavy atom. The quantitative estimate of drug-likeness (QED) is 0.399. The number of hydrogen-bond donors (Lipinski definition) is 1. The van der Waals surface area contributed by atoms with Crippen LogP contribution < -0.4 is 19.7 Å². The van der Waals surface area contributed by atoms with Crippen molar-refractivity contribution in [1.29, 1.82) is 0 Å². The lowest BCUT2D eigenvalue weighted by molar-refractivity contribution is -0.121. The molecule has 5 rings (SSSR count). The Balaban J connectivity index is 0.000000815. The van der Waals surface area contributed by atoms with Gasteiger partial charge in [0.15, 0.2) is 6.61 Å². The van der Waals surface area contributed by atoms with Crippen molar-refractivity contribution in [2.24, 2.45) is 7.05 Å². The summed E-state index contributed by atoms with van der Waals surface area (Å²) in [6, 6.07) is 15.3. The summed E-state index contributed by atoms with van der Waals surface area (Å²) in [5.41, 5.74) is 4.41. The molecular formula is C27H33N5O3. The maximum atomic E-state index is 12.5. The van der Waals surface area contributed by atoms with Crippen LogP contribution in [0.2, 0.25) is 0 Å². The van der Waals surface area contributed by atoms with Crippen molar-refractivity contribution < 1.29 is 14.3 Å². The summed E-state index contributed by atoms with van der Waals surface area (Å²) in [5.74, 6) is 2.07. The van der Waals surface area contributed by atoms with Crippen molar-refractivity contribution in [3.8, 4) is 11.5 Å². The highest BCUT2D eigenvalue weighted by atomic mass is 16.5. The fourth-order valence-electron chi connectivity index (χ4n) is 3.62. The summed E-state index contributed by atoms with van der Waals surface area (Å²) in [7, 11) is 3.58. The number of benzene rings is 2. The van der Waals surface area contributed by atoms with Gasteiger partial charge in [-0.25, -0.2) is 9.97 Å². The summed E-state index contributed by atoms with van der Waals surface area (Å²) in [4.78, 5) is 23.0. The van der Waals surface area contributed by atoms with Gasteiger partial charge in [-0.3, -0.25) is 4.79 Å². The molecule has 8 nitrogen and oxygen atoms in total. The second-order valence-electron chi connectivity index (χ2n) is 7.34. The minimum atomic E-state index is -0.0765. The lowest BCUT2D eigenvalue weighted by atomic mass is 10.1. The van der Waals surface area contributed by atoms with E-state index in [4.69, 9.17) is 9.47 Å². The summed E-state index contributed by atoms with van der Waals surface area (Å²) >= 11 is 0. The number of nitrogens with zero attached hydrogens (tertiary/aromatic N) is 4. The van der Waals surface area contributed by atoms with Crippen LogP contribution in [0.4, 0.5) is 17.2 Å². The Bertz CT molecular complexity index is 1270. The van der Waals surface area contributed by atoms with Crippen LogP contribution >= 0.6 is 0 Å².